The van der Waals surface area contributed by atoms with Crippen LogP contribution in [0, 0.1) is 5.92 Å². The molecule has 0 aromatic carbocycles. The molecule has 1 aromatic rings. The van der Waals surface area contributed by atoms with Crippen LogP contribution in [-0.2, 0) is 9.84 Å². The molecule has 112 valence electrons. The molecule has 1 N–H and O–H groups in total. The number of nitrogens with one attached hydrogen (secondary N) is 1. The van der Waals surface area contributed by atoms with Crippen LogP contribution < -0.4 is 5.32 Å². The van der Waals surface area contributed by atoms with Crippen molar-refractivity contribution in [2.75, 3.05) is 31.7 Å². The van der Waals surface area contributed by atoms with Gasteiger partial charge in [-0.05, 0) is 51.4 Å². The van der Waals surface area contributed by atoms with Crippen LogP contribution in [0.4, 0.5) is 5.69 Å². The van der Waals surface area contributed by atoms with Crippen molar-refractivity contribution in [3.8, 4) is 0 Å². The molecule has 20 heavy (non-hydrogen) atoms. The molecule has 1 fully saturated rings. The molecule has 6 heteroatoms. The highest BCUT2D eigenvalue weighted by Gasteiger charge is 2.22. The van der Waals surface area contributed by atoms with Crippen molar-refractivity contribution in [3.63, 3.8) is 0 Å². The maximum absolute atomic E-state index is 11.4. The normalized spacial score (nSPS) is 22.4. The number of nitrogens with zero attached hydrogens (tertiary/aromatic N) is 2. The molecule has 5 nitrogen and oxygen atoms in total. The zero-order valence-corrected chi connectivity index (χ0v) is 13.2. The Morgan fingerprint density at radius 1 is 1.45 bits per heavy atom. The van der Waals surface area contributed by atoms with E-state index in [1.54, 1.807) is 18.3 Å². The number of sulfone groups is 1. The molecule has 2 rings (SSSR count). The summed E-state index contributed by atoms with van der Waals surface area (Å²) in [5.74, 6) is 0.614. The molecule has 1 aliphatic rings. The molecule has 2 atom stereocenters. The van der Waals surface area contributed by atoms with E-state index in [1.807, 2.05) is 0 Å². The van der Waals surface area contributed by atoms with Crippen LogP contribution in [0.2, 0.25) is 0 Å². The Bertz CT molecular complexity index is 542. The molecule has 0 spiro atoms. The van der Waals surface area contributed by atoms with E-state index in [9.17, 15) is 8.42 Å². The molecule has 1 saturated heterocycles. The summed E-state index contributed by atoms with van der Waals surface area (Å²) in [4.78, 5) is 6.36. The Labute approximate surface area is 121 Å². The smallest absolute Gasteiger partial charge is 0.192 e. The Morgan fingerprint density at radius 2 is 2.20 bits per heavy atom. The van der Waals surface area contributed by atoms with Gasteiger partial charge in [-0.3, -0.25) is 0 Å². The summed E-state index contributed by atoms with van der Waals surface area (Å²) in [6.07, 6.45) is 5.23. The van der Waals surface area contributed by atoms with Crippen molar-refractivity contribution in [1.82, 2.24) is 9.88 Å². The number of hydrogen-bond donors (Lipinski definition) is 1. The van der Waals surface area contributed by atoms with E-state index >= 15 is 0 Å². The SMILES string of the molecule is CC(Nc1ccc(S(C)(=O)=O)nc1)C1CCCN(C)C1. The first kappa shape index (κ1) is 15.3. The average molecular weight is 297 g/mol. The number of likely N-dealkylation sites (tertiary alicyclic amines) is 1. The molecule has 2 unspecified atom stereocenters. The lowest BCUT2D eigenvalue weighted by molar-refractivity contribution is 0.197. The van der Waals surface area contributed by atoms with Gasteiger partial charge in [0.25, 0.3) is 0 Å². The maximum atomic E-state index is 11.4. The highest BCUT2D eigenvalue weighted by molar-refractivity contribution is 7.90. The van der Waals surface area contributed by atoms with Crippen molar-refractivity contribution >= 4 is 15.5 Å². The zero-order chi connectivity index (χ0) is 14.8. The number of anilines is 1. The van der Waals surface area contributed by atoms with Gasteiger partial charge < -0.3 is 10.2 Å². The molecule has 1 aliphatic heterocycles. The summed E-state index contributed by atoms with van der Waals surface area (Å²) >= 11 is 0. The molecular weight excluding hydrogens is 274 g/mol. The van der Waals surface area contributed by atoms with Crippen LogP contribution in [0.5, 0.6) is 0 Å². The third kappa shape index (κ3) is 3.93. The van der Waals surface area contributed by atoms with Crippen molar-refractivity contribution in [2.24, 2.45) is 5.92 Å². The predicted octanol–water partition coefficient (Wildman–Crippen LogP) is 1.63. The van der Waals surface area contributed by atoms with Gasteiger partial charge >= 0.3 is 0 Å². The first-order chi connectivity index (χ1) is 9.36. The minimum absolute atomic E-state index is 0.119. The molecule has 0 amide bonds. The van der Waals surface area contributed by atoms with Crippen molar-refractivity contribution in [3.05, 3.63) is 18.3 Å². The third-order valence-electron chi connectivity index (χ3n) is 3.88. The Kier molecular flexibility index (Phi) is 4.65. The summed E-state index contributed by atoms with van der Waals surface area (Å²) < 4.78 is 22.7. The first-order valence-electron chi connectivity index (χ1n) is 6.97. The van der Waals surface area contributed by atoms with Crippen LogP contribution in [0.25, 0.3) is 0 Å². The van der Waals surface area contributed by atoms with Crippen LogP contribution in [-0.4, -0.2) is 50.7 Å². The largest absolute Gasteiger partial charge is 0.381 e. The van der Waals surface area contributed by atoms with Gasteiger partial charge in [-0.25, -0.2) is 13.4 Å². The number of pyridine rings is 1. The fraction of sp³-hybridized carbons (Fsp3) is 0.643. The van der Waals surface area contributed by atoms with Gasteiger partial charge in [-0.2, -0.15) is 0 Å². The molecule has 0 bridgehead atoms. The lowest BCUT2D eigenvalue weighted by atomic mass is 9.92. The first-order valence-corrected chi connectivity index (χ1v) is 8.86. The van der Waals surface area contributed by atoms with Gasteiger partial charge in [-0.15, -0.1) is 0 Å². The van der Waals surface area contributed by atoms with E-state index < -0.39 is 9.84 Å². The van der Waals surface area contributed by atoms with Gasteiger partial charge in [-0.1, -0.05) is 0 Å². The lowest BCUT2D eigenvalue weighted by Gasteiger charge is -2.34. The molecule has 0 aliphatic carbocycles. The van der Waals surface area contributed by atoms with E-state index in [4.69, 9.17) is 0 Å². The molecule has 0 radical (unpaired) electrons. The van der Waals surface area contributed by atoms with Crippen molar-refractivity contribution in [1.29, 1.82) is 0 Å². The fourth-order valence-corrected chi connectivity index (χ4v) is 3.24. The summed E-state index contributed by atoms with van der Waals surface area (Å²) in [6.45, 7) is 4.45. The fourth-order valence-electron chi connectivity index (χ4n) is 2.68. The van der Waals surface area contributed by atoms with Crippen LogP contribution >= 0.6 is 0 Å². The summed E-state index contributed by atoms with van der Waals surface area (Å²) in [5, 5.41) is 3.55. The van der Waals surface area contributed by atoms with Gasteiger partial charge in [0.05, 0.1) is 11.9 Å². The second kappa shape index (κ2) is 6.10. The summed E-state index contributed by atoms with van der Waals surface area (Å²) in [7, 11) is -1.07. The van der Waals surface area contributed by atoms with E-state index in [1.165, 1.54) is 25.6 Å². The van der Waals surface area contributed by atoms with Crippen LogP contribution in [0.3, 0.4) is 0 Å². The highest BCUT2D eigenvalue weighted by atomic mass is 32.2. The standard InChI is InChI=1S/C14H23N3O2S/c1-11(12-5-4-8-17(2)10-12)16-13-6-7-14(15-9-13)20(3,18)19/h6-7,9,11-12,16H,4-5,8,10H2,1-3H3. The number of aromatic nitrogens is 1. The van der Waals surface area contributed by atoms with Gasteiger partial charge in [0, 0.05) is 18.8 Å². The Balaban J connectivity index is 1.99. The van der Waals surface area contributed by atoms with Crippen LogP contribution in [0.15, 0.2) is 23.4 Å². The van der Waals surface area contributed by atoms with E-state index in [-0.39, 0.29) is 5.03 Å². The number of piperidine rings is 1. The summed E-state index contributed by atoms with van der Waals surface area (Å²) in [5.41, 5.74) is 0.873. The molecule has 1 aromatic heterocycles. The van der Waals surface area contributed by atoms with Gasteiger partial charge in [0.2, 0.25) is 0 Å². The lowest BCUT2D eigenvalue weighted by Crippen LogP contribution is -2.39. The topological polar surface area (TPSA) is 62.3 Å². The monoisotopic (exact) mass is 297 g/mol. The predicted molar refractivity (Wildman–Crippen MR) is 80.7 cm³/mol. The number of hydrogen-bond acceptors (Lipinski definition) is 5. The molecule has 2 heterocycles. The summed E-state index contributed by atoms with van der Waals surface area (Å²) in [6, 6.07) is 3.69. The average Bonchev–Trinajstić information content (AvgIpc) is 2.38. The van der Waals surface area contributed by atoms with Gasteiger partial charge in [0.1, 0.15) is 0 Å². The Morgan fingerprint density at radius 3 is 2.75 bits per heavy atom. The maximum Gasteiger partial charge on any atom is 0.192 e. The Hall–Kier alpha value is -1.14. The minimum Gasteiger partial charge on any atom is -0.381 e. The molecule has 0 saturated carbocycles. The highest BCUT2D eigenvalue weighted by Crippen LogP contribution is 2.21. The van der Waals surface area contributed by atoms with Crippen LogP contribution in [0.1, 0.15) is 19.8 Å². The van der Waals surface area contributed by atoms with E-state index in [2.05, 4.69) is 29.2 Å². The second-order valence-corrected chi connectivity index (χ2v) is 7.72. The second-order valence-electron chi connectivity index (χ2n) is 5.75. The van der Waals surface area contributed by atoms with E-state index in [0.29, 0.717) is 12.0 Å². The zero-order valence-electron chi connectivity index (χ0n) is 12.3. The van der Waals surface area contributed by atoms with Crippen molar-refractivity contribution < 1.29 is 8.42 Å². The number of rotatable bonds is 4. The van der Waals surface area contributed by atoms with E-state index in [0.717, 1.165) is 12.2 Å². The van der Waals surface area contributed by atoms with Gasteiger partial charge in [0.15, 0.2) is 14.9 Å². The quantitative estimate of drug-likeness (QED) is 0.915. The van der Waals surface area contributed by atoms with Crippen molar-refractivity contribution in [2.45, 2.75) is 30.8 Å². The minimum atomic E-state index is -3.22. The molecular formula is C14H23N3O2S. The third-order valence-corrected chi connectivity index (χ3v) is 4.88.